The van der Waals surface area contributed by atoms with Crippen molar-refractivity contribution in [3.05, 3.63) is 0 Å². The Balaban J connectivity index is 1.56. The molecule has 2 fully saturated rings. The Morgan fingerprint density at radius 2 is 1.70 bits per heavy atom. The molecule has 0 radical (unpaired) electrons. The molecule has 2 rings (SSSR count). The molecule has 0 spiro atoms. The molecule has 134 valence electrons. The maximum atomic E-state index is 12.3. The summed E-state index contributed by atoms with van der Waals surface area (Å²) in [5.41, 5.74) is 0. The highest BCUT2D eigenvalue weighted by Gasteiger charge is 2.29. The van der Waals surface area contributed by atoms with Crippen LogP contribution in [0.5, 0.6) is 0 Å². The number of alkyl halides is 1. The van der Waals surface area contributed by atoms with Crippen molar-refractivity contribution in [2.24, 2.45) is 5.92 Å². The van der Waals surface area contributed by atoms with E-state index in [4.69, 9.17) is 4.74 Å². The van der Waals surface area contributed by atoms with Crippen LogP contribution in [-0.2, 0) is 9.53 Å². The van der Waals surface area contributed by atoms with Gasteiger partial charge in [0.1, 0.15) is 6.10 Å². The van der Waals surface area contributed by atoms with Gasteiger partial charge in [-0.25, -0.2) is 0 Å². The van der Waals surface area contributed by atoms with Crippen LogP contribution in [0.4, 0.5) is 0 Å². The summed E-state index contributed by atoms with van der Waals surface area (Å²) in [6, 6.07) is 0.635. The number of esters is 1. The molecule has 23 heavy (non-hydrogen) atoms. The van der Waals surface area contributed by atoms with Gasteiger partial charge in [0.25, 0.3) is 0 Å². The molecule has 0 unspecified atom stereocenters. The van der Waals surface area contributed by atoms with Crippen molar-refractivity contribution in [2.45, 2.75) is 101 Å². The quantitative estimate of drug-likeness (QED) is 0.363. The lowest BCUT2D eigenvalue weighted by atomic mass is 9.89. The molecule has 1 N–H and O–H groups in total. The number of hydrogen-bond acceptors (Lipinski definition) is 3. The van der Waals surface area contributed by atoms with Gasteiger partial charge in [0.15, 0.2) is 0 Å². The summed E-state index contributed by atoms with van der Waals surface area (Å²) in [6.07, 6.45) is 14.0. The van der Waals surface area contributed by atoms with Crippen molar-refractivity contribution in [3.63, 3.8) is 0 Å². The van der Waals surface area contributed by atoms with Crippen LogP contribution < -0.4 is 5.32 Å². The zero-order chi connectivity index (χ0) is 16.5. The van der Waals surface area contributed by atoms with E-state index >= 15 is 0 Å². The molecule has 3 nitrogen and oxygen atoms in total. The van der Waals surface area contributed by atoms with Gasteiger partial charge < -0.3 is 10.1 Å². The number of ether oxygens (including phenoxy) is 1. The lowest BCUT2D eigenvalue weighted by molar-refractivity contribution is -0.156. The number of nitrogens with one attached hydrogen (secondary N) is 1. The van der Waals surface area contributed by atoms with Gasteiger partial charge in [-0.1, -0.05) is 42.1 Å². The van der Waals surface area contributed by atoms with Crippen LogP contribution >= 0.6 is 15.9 Å². The van der Waals surface area contributed by atoms with Crippen molar-refractivity contribution >= 4 is 21.9 Å². The van der Waals surface area contributed by atoms with Crippen molar-refractivity contribution in [2.75, 3.05) is 6.54 Å². The summed E-state index contributed by atoms with van der Waals surface area (Å²) >= 11 is 3.65. The largest absolute Gasteiger partial charge is 0.462 e. The number of hydrogen-bond donors (Lipinski definition) is 1. The van der Waals surface area contributed by atoms with Crippen molar-refractivity contribution in [1.29, 1.82) is 0 Å². The number of rotatable bonds is 8. The highest BCUT2D eigenvalue weighted by Crippen LogP contribution is 2.31. The summed E-state index contributed by atoms with van der Waals surface area (Å²) in [6.45, 7) is 3.40. The Labute approximate surface area is 150 Å². The van der Waals surface area contributed by atoms with E-state index in [0.717, 1.165) is 57.9 Å². The van der Waals surface area contributed by atoms with Gasteiger partial charge in [0.2, 0.25) is 0 Å². The minimum absolute atomic E-state index is 0.0698. The zero-order valence-corrected chi connectivity index (χ0v) is 16.3. The summed E-state index contributed by atoms with van der Waals surface area (Å²) < 4.78 is 5.79. The Bertz CT molecular complexity index is 334. The van der Waals surface area contributed by atoms with E-state index in [1.54, 1.807) is 0 Å². The van der Waals surface area contributed by atoms with Crippen LogP contribution in [0.25, 0.3) is 0 Å². The third-order valence-corrected chi connectivity index (χ3v) is 6.33. The molecule has 0 amide bonds. The average molecular weight is 388 g/mol. The molecule has 0 atom stereocenters. The van der Waals surface area contributed by atoms with E-state index in [1.165, 1.54) is 25.7 Å². The summed E-state index contributed by atoms with van der Waals surface area (Å²) in [5, 5.41) is 3.68. The molecule has 0 aromatic rings. The lowest BCUT2D eigenvalue weighted by Crippen LogP contribution is -2.37. The minimum atomic E-state index is 0.0698. The van der Waals surface area contributed by atoms with Crippen LogP contribution in [0.2, 0.25) is 0 Å². The molecular weight excluding hydrogens is 354 g/mol. The second-order valence-electron chi connectivity index (χ2n) is 7.37. The van der Waals surface area contributed by atoms with E-state index in [0.29, 0.717) is 10.9 Å². The first kappa shape index (κ1) is 19.2. The maximum absolute atomic E-state index is 12.3. The first-order valence-corrected chi connectivity index (χ1v) is 10.7. The van der Waals surface area contributed by atoms with Crippen molar-refractivity contribution in [1.82, 2.24) is 5.32 Å². The van der Waals surface area contributed by atoms with E-state index in [-0.39, 0.29) is 18.0 Å². The molecule has 0 saturated heterocycles. The maximum Gasteiger partial charge on any atom is 0.309 e. The second-order valence-corrected chi connectivity index (χ2v) is 8.67. The van der Waals surface area contributed by atoms with Crippen LogP contribution in [-0.4, -0.2) is 29.5 Å². The molecular formula is C19H34BrNO2. The Morgan fingerprint density at radius 1 is 1.00 bits per heavy atom. The SMILES string of the molecule is CCCCCCNC1CCC(OC(=O)C2CCC(Br)CC2)CC1. The molecule has 2 aliphatic carbocycles. The van der Waals surface area contributed by atoms with Crippen molar-refractivity contribution in [3.8, 4) is 0 Å². The predicted molar refractivity (Wildman–Crippen MR) is 99.0 cm³/mol. The van der Waals surface area contributed by atoms with Gasteiger partial charge in [0.05, 0.1) is 5.92 Å². The van der Waals surface area contributed by atoms with Crippen LogP contribution in [0.1, 0.15) is 84.0 Å². The van der Waals surface area contributed by atoms with Crippen LogP contribution in [0, 0.1) is 5.92 Å². The molecule has 4 heteroatoms. The van der Waals surface area contributed by atoms with Gasteiger partial charge in [-0.15, -0.1) is 0 Å². The molecule has 2 saturated carbocycles. The zero-order valence-electron chi connectivity index (χ0n) is 14.7. The topological polar surface area (TPSA) is 38.3 Å². The Morgan fingerprint density at radius 3 is 2.35 bits per heavy atom. The Kier molecular flexibility index (Phi) is 8.96. The summed E-state index contributed by atoms with van der Waals surface area (Å²) in [7, 11) is 0. The van der Waals surface area contributed by atoms with E-state index < -0.39 is 0 Å². The molecule has 0 heterocycles. The molecule has 2 aliphatic rings. The van der Waals surface area contributed by atoms with E-state index in [2.05, 4.69) is 28.2 Å². The van der Waals surface area contributed by atoms with Crippen LogP contribution in [0.15, 0.2) is 0 Å². The summed E-state index contributed by atoms with van der Waals surface area (Å²) in [4.78, 5) is 12.9. The number of unbranched alkanes of at least 4 members (excludes halogenated alkanes) is 3. The second kappa shape index (κ2) is 10.7. The minimum Gasteiger partial charge on any atom is -0.462 e. The highest BCUT2D eigenvalue weighted by atomic mass is 79.9. The average Bonchev–Trinajstić information content (AvgIpc) is 2.57. The van der Waals surface area contributed by atoms with Crippen LogP contribution in [0.3, 0.4) is 0 Å². The monoisotopic (exact) mass is 387 g/mol. The molecule has 0 aliphatic heterocycles. The van der Waals surface area contributed by atoms with Gasteiger partial charge in [0, 0.05) is 10.9 Å². The summed E-state index contributed by atoms with van der Waals surface area (Å²) in [5.74, 6) is 0.221. The Hall–Kier alpha value is -0.0900. The first-order valence-electron chi connectivity index (χ1n) is 9.77. The lowest BCUT2D eigenvalue weighted by Gasteiger charge is -2.31. The fourth-order valence-corrected chi connectivity index (χ4v) is 4.32. The third kappa shape index (κ3) is 7.13. The number of carbonyl (C=O) groups is 1. The van der Waals surface area contributed by atoms with Gasteiger partial charge in [-0.05, 0) is 64.3 Å². The molecule has 0 aromatic carbocycles. The first-order chi connectivity index (χ1) is 11.2. The normalized spacial score (nSPS) is 31.7. The standard InChI is InChI=1S/C19H34BrNO2/c1-2-3-4-5-14-21-17-10-12-18(13-11-17)23-19(22)15-6-8-16(20)9-7-15/h15-18,21H,2-14H2,1H3. The number of halogens is 1. The molecule has 0 aromatic heterocycles. The van der Waals surface area contributed by atoms with E-state index in [9.17, 15) is 4.79 Å². The van der Waals surface area contributed by atoms with Gasteiger partial charge >= 0.3 is 5.97 Å². The fraction of sp³-hybridized carbons (Fsp3) is 0.947. The number of carbonyl (C=O) groups excluding carboxylic acids is 1. The highest BCUT2D eigenvalue weighted by molar-refractivity contribution is 9.09. The van der Waals surface area contributed by atoms with E-state index in [1.807, 2.05) is 0 Å². The van der Waals surface area contributed by atoms with Crippen molar-refractivity contribution < 1.29 is 9.53 Å². The van der Waals surface area contributed by atoms with Gasteiger partial charge in [-0.3, -0.25) is 4.79 Å². The smallest absolute Gasteiger partial charge is 0.309 e. The van der Waals surface area contributed by atoms with Gasteiger partial charge in [-0.2, -0.15) is 0 Å². The predicted octanol–water partition coefficient (Wildman–Crippen LogP) is 4.96. The third-order valence-electron chi connectivity index (χ3n) is 5.41. The fourth-order valence-electron chi connectivity index (χ4n) is 3.79. The molecule has 0 bridgehead atoms.